The molecule has 0 saturated carbocycles. The summed E-state index contributed by atoms with van der Waals surface area (Å²) >= 11 is 9.74. The monoisotopic (exact) mass is 663 g/mol. The van der Waals surface area contributed by atoms with Crippen LogP contribution in [0.4, 0.5) is 5.69 Å². The van der Waals surface area contributed by atoms with Crippen LogP contribution in [0.2, 0.25) is 5.02 Å². The minimum Gasteiger partial charge on any atom is -0.494 e. The highest BCUT2D eigenvalue weighted by atomic mass is 79.9. The topological polar surface area (TPSA) is 96.0 Å². The van der Waals surface area contributed by atoms with E-state index in [9.17, 15) is 18.0 Å². The van der Waals surface area contributed by atoms with Crippen molar-refractivity contribution in [3.8, 4) is 5.75 Å². The highest BCUT2D eigenvalue weighted by Gasteiger charge is 2.33. The Morgan fingerprint density at radius 3 is 2.20 bits per heavy atom. The summed E-state index contributed by atoms with van der Waals surface area (Å²) in [6, 6.07) is 18.7. The van der Waals surface area contributed by atoms with Crippen molar-refractivity contribution in [1.29, 1.82) is 0 Å². The lowest BCUT2D eigenvalue weighted by atomic mass is 10.1. The van der Waals surface area contributed by atoms with Crippen molar-refractivity contribution in [3.63, 3.8) is 0 Å². The molecule has 8 nitrogen and oxygen atoms in total. The van der Waals surface area contributed by atoms with Crippen molar-refractivity contribution in [2.24, 2.45) is 0 Å². The second-order valence-corrected chi connectivity index (χ2v) is 12.7. The van der Waals surface area contributed by atoms with Crippen LogP contribution >= 0.6 is 27.5 Å². The third kappa shape index (κ3) is 8.47. The predicted octanol–water partition coefficient (Wildman–Crippen LogP) is 6.03. The number of benzene rings is 3. The number of carbonyl (C=O) groups excluding carboxylic acids is 2. The Bertz CT molecular complexity index is 1440. The Balaban J connectivity index is 2.04. The van der Waals surface area contributed by atoms with Gasteiger partial charge in [-0.2, -0.15) is 0 Å². The van der Waals surface area contributed by atoms with Gasteiger partial charge in [-0.3, -0.25) is 13.9 Å². The SMILES string of the molecule is CCOc1ccc(N(CC(=O)N(Cc2ccccc2Cl)[C@@H](C)C(=O)N[C@@H](C)CC)S(=O)(=O)c2ccc(Br)cc2)cc1. The smallest absolute Gasteiger partial charge is 0.264 e. The van der Waals surface area contributed by atoms with Gasteiger partial charge < -0.3 is 15.0 Å². The van der Waals surface area contributed by atoms with Gasteiger partial charge in [0.2, 0.25) is 11.8 Å². The van der Waals surface area contributed by atoms with Gasteiger partial charge in [0, 0.05) is 22.1 Å². The number of hydrogen-bond donors (Lipinski definition) is 1. The van der Waals surface area contributed by atoms with Gasteiger partial charge in [0.1, 0.15) is 18.3 Å². The van der Waals surface area contributed by atoms with Gasteiger partial charge in [0.25, 0.3) is 10.0 Å². The summed E-state index contributed by atoms with van der Waals surface area (Å²) in [5, 5.41) is 3.35. The molecule has 0 aromatic heterocycles. The number of nitrogens with zero attached hydrogens (tertiary/aromatic N) is 2. The molecule has 0 aliphatic rings. The van der Waals surface area contributed by atoms with Gasteiger partial charge in [0.15, 0.2) is 0 Å². The van der Waals surface area contributed by atoms with Crippen molar-refractivity contribution in [2.45, 2.75) is 57.6 Å². The molecule has 0 saturated heterocycles. The fourth-order valence-corrected chi connectivity index (χ4v) is 5.87. The zero-order valence-corrected chi connectivity index (χ0v) is 26.7. The molecule has 2 atom stereocenters. The number of ether oxygens (including phenoxy) is 1. The molecule has 3 aromatic carbocycles. The lowest BCUT2D eigenvalue weighted by Crippen LogP contribution is -2.52. The van der Waals surface area contributed by atoms with Gasteiger partial charge in [-0.1, -0.05) is 52.7 Å². The lowest BCUT2D eigenvalue weighted by molar-refractivity contribution is -0.139. The van der Waals surface area contributed by atoms with E-state index in [0.717, 1.165) is 4.31 Å². The molecule has 0 heterocycles. The van der Waals surface area contributed by atoms with Crippen LogP contribution in [-0.4, -0.2) is 50.4 Å². The van der Waals surface area contributed by atoms with Gasteiger partial charge in [-0.05, 0) is 87.4 Å². The van der Waals surface area contributed by atoms with Crippen molar-refractivity contribution in [1.82, 2.24) is 10.2 Å². The second-order valence-electron chi connectivity index (χ2n) is 9.50. The predicted molar refractivity (Wildman–Crippen MR) is 166 cm³/mol. The Morgan fingerprint density at radius 2 is 1.61 bits per heavy atom. The number of sulfonamides is 1. The fraction of sp³-hybridized carbons (Fsp3) is 0.333. The van der Waals surface area contributed by atoms with Crippen LogP contribution in [0.1, 0.15) is 39.7 Å². The summed E-state index contributed by atoms with van der Waals surface area (Å²) in [7, 11) is -4.18. The first-order chi connectivity index (χ1) is 19.5. The molecular weight excluding hydrogens is 630 g/mol. The lowest BCUT2D eigenvalue weighted by Gasteiger charge is -2.32. The van der Waals surface area contributed by atoms with Crippen LogP contribution in [0.3, 0.4) is 0 Å². The maximum atomic E-state index is 14.0. The zero-order valence-electron chi connectivity index (χ0n) is 23.5. The van der Waals surface area contributed by atoms with Gasteiger partial charge >= 0.3 is 0 Å². The molecule has 3 rings (SSSR count). The molecule has 0 unspecified atom stereocenters. The van der Waals surface area contributed by atoms with Gasteiger partial charge in [-0.15, -0.1) is 0 Å². The van der Waals surface area contributed by atoms with Gasteiger partial charge in [0.05, 0.1) is 17.2 Å². The standard InChI is InChI=1S/C30H35BrClN3O5S/c1-5-21(3)33-30(37)22(4)34(19-23-9-7-8-10-28(23)32)29(36)20-35(25-13-15-26(16-14-25)40-6-2)41(38,39)27-17-11-24(31)12-18-27/h7-18,21-22H,5-6,19-20H2,1-4H3,(H,33,37)/t21-,22-/m0/s1. The molecule has 11 heteroatoms. The number of carbonyl (C=O) groups is 2. The number of halogens is 2. The average molecular weight is 665 g/mol. The second kappa shape index (κ2) is 14.7. The Hall–Kier alpha value is -3.08. The zero-order chi connectivity index (χ0) is 30.2. The van der Waals surface area contributed by atoms with Crippen molar-refractivity contribution in [2.75, 3.05) is 17.5 Å². The first-order valence-electron chi connectivity index (χ1n) is 13.3. The van der Waals surface area contributed by atoms with Crippen LogP contribution in [-0.2, 0) is 26.2 Å². The minimum atomic E-state index is -4.18. The number of anilines is 1. The molecule has 0 radical (unpaired) electrons. The number of rotatable bonds is 13. The summed E-state index contributed by atoms with van der Waals surface area (Å²) in [6.45, 7) is 7.22. The van der Waals surface area contributed by atoms with E-state index in [4.69, 9.17) is 16.3 Å². The van der Waals surface area contributed by atoms with Crippen LogP contribution < -0.4 is 14.4 Å². The van der Waals surface area contributed by atoms with Crippen molar-refractivity contribution < 1.29 is 22.7 Å². The summed E-state index contributed by atoms with van der Waals surface area (Å²) < 4.78 is 35.1. The highest BCUT2D eigenvalue weighted by Crippen LogP contribution is 2.28. The summed E-state index contributed by atoms with van der Waals surface area (Å²) in [6.07, 6.45) is 0.716. The molecule has 3 aromatic rings. The molecule has 220 valence electrons. The minimum absolute atomic E-state index is 0.0163. The largest absolute Gasteiger partial charge is 0.494 e. The number of amides is 2. The third-order valence-corrected chi connectivity index (χ3v) is 9.27. The molecule has 1 N–H and O–H groups in total. The maximum Gasteiger partial charge on any atom is 0.264 e. The van der Waals surface area contributed by atoms with Crippen LogP contribution in [0.25, 0.3) is 0 Å². The molecule has 0 bridgehead atoms. The summed E-state index contributed by atoms with van der Waals surface area (Å²) in [5.41, 5.74) is 0.910. The fourth-order valence-electron chi connectivity index (χ4n) is 4.00. The van der Waals surface area contributed by atoms with E-state index in [1.54, 1.807) is 67.6 Å². The number of nitrogens with one attached hydrogen (secondary N) is 1. The molecule has 0 fully saturated rings. The van der Waals surface area contributed by atoms with Crippen LogP contribution in [0.5, 0.6) is 5.75 Å². The van der Waals surface area contributed by atoms with E-state index in [1.165, 1.54) is 17.0 Å². The third-order valence-electron chi connectivity index (χ3n) is 6.58. The van der Waals surface area contributed by atoms with Crippen LogP contribution in [0, 0.1) is 0 Å². The first kappa shape index (κ1) is 32.4. The Kier molecular flexibility index (Phi) is 11.6. The van der Waals surface area contributed by atoms with Crippen molar-refractivity contribution in [3.05, 3.63) is 87.9 Å². The summed E-state index contributed by atoms with van der Waals surface area (Å²) in [4.78, 5) is 28.5. The van der Waals surface area contributed by atoms with E-state index < -0.39 is 28.5 Å². The molecule has 0 aliphatic heterocycles. The quantitative estimate of drug-likeness (QED) is 0.241. The molecular formula is C30H35BrClN3O5S. The van der Waals surface area contributed by atoms with Gasteiger partial charge in [-0.25, -0.2) is 8.42 Å². The Morgan fingerprint density at radius 1 is 0.976 bits per heavy atom. The molecule has 0 aliphatic carbocycles. The van der Waals surface area contributed by atoms with E-state index in [2.05, 4.69) is 21.2 Å². The van der Waals surface area contributed by atoms with Crippen LogP contribution in [0.15, 0.2) is 82.2 Å². The average Bonchev–Trinajstić information content (AvgIpc) is 2.95. The first-order valence-corrected chi connectivity index (χ1v) is 15.9. The molecule has 41 heavy (non-hydrogen) atoms. The van der Waals surface area contributed by atoms with E-state index >= 15 is 0 Å². The maximum absolute atomic E-state index is 14.0. The summed E-state index contributed by atoms with van der Waals surface area (Å²) in [5.74, 6) is -0.339. The van der Waals surface area contributed by atoms with E-state index in [-0.39, 0.29) is 29.1 Å². The normalized spacial score (nSPS) is 12.7. The Labute approximate surface area is 255 Å². The highest BCUT2D eigenvalue weighted by molar-refractivity contribution is 9.10. The van der Waals surface area contributed by atoms with E-state index in [1.807, 2.05) is 20.8 Å². The molecule has 0 spiro atoms. The number of hydrogen-bond acceptors (Lipinski definition) is 5. The molecule has 2 amide bonds. The van der Waals surface area contributed by atoms with Crippen molar-refractivity contribution >= 4 is 55.1 Å². The van der Waals surface area contributed by atoms with E-state index in [0.29, 0.717) is 33.8 Å².